The van der Waals surface area contributed by atoms with Crippen LogP contribution in [0.25, 0.3) is 0 Å². The lowest BCUT2D eigenvalue weighted by Crippen LogP contribution is -2.44. The predicted molar refractivity (Wildman–Crippen MR) is 104 cm³/mol. The molecule has 0 heterocycles. The summed E-state index contributed by atoms with van der Waals surface area (Å²) < 4.78 is 5.39. The maximum absolute atomic E-state index is 10.2. The molecule has 0 spiro atoms. The van der Waals surface area contributed by atoms with Gasteiger partial charge in [0.05, 0.1) is 13.2 Å². The third-order valence-corrected chi connectivity index (χ3v) is 8.49. The molecule has 5 unspecified atom stereocenters. The van der Waals surface area contributed by atoms with E-state index >= 15 is 0 Å². The number of benzene rings is 1. The second-order valence-corrected chi connectivity index (χ2v) is 9.47. The summed E-state index contributed by atoms with van der Waals surface area (Å²) in [5, 5.41) is 20.3. The molecule has 3 heteroatoms. The minimum Gasteiger partial charge on any atom is -0.504 e. The molecule has 3 nitrogen and oxygen atoms in total. The van der Waals surface area contributed by atoms with Crippen molar-refractivity contribution >= 4 is 0 Å². The Morgan fingerprint density at radius 1 is 1.15 bits per heavy atom. The Labute approximate surface area is 157 Å². The van der Waals surface area contributed by atoms with Crippen LogP contribution in [0.4, 0.5) is 0 Å². The Bertz CT molecular complexity index is 682. The van der Waals surface area contributed by atoms with Gasteiger partial charge in [0.2, 0.25) is 0 Å². The molecule has 3 aliphatic carbocycles. The van der Waals surface area contributed by atoms with Crippen molar-refractivity contribution in [2.75, 3.05) is 7.11 Å². The van der Waals surface area contributed by atoms with E-state index in [0.717, 1.165) is 18.3 Å². The minimum atomic E-state index is -0.215. The summed E-state index contributed by atoms with van der Waals surface area (Å²) in [6, 6.07) is 4.04. The first-order valence-corrected chi connectivity index (χ1v) is 10.4. The Hall–Kier alpha value is -1.22. The number of rotatable bonds is 3. The maximum Gasteiger partial charge on any atom is 0.160 e. The molecule has 0 radical (unpaired) electrons. The maximum atomic E-state index is 10.2. The lowest BCUT2D eigenvalue weighted by atomic mass is 9.53. The lowest BCUT2D eigenvalue weighted by molar-refractivity contribution is -0.0154. The minimum absolute atomic E-state index is 0.215. The van der Waals surface area contributed by atoms with E-state index in [1.54, 1.807) is 7.11 Å². The van der Waals surface area contributed by atoms with E-state index in [1.807, 2.05) is 13.0 Å². The van der Waals surface area contributed by atoms with Gasteiger partial charge in [-0.15, -0.1) is 0 Å². The quantitative estimate of drug-likeness (QED) is 0.809. The Morgan fingerprint density at radius 3 is 2.62 bits per heavy atom. The number of aryl methyl sites for hydroxylation is 1. The van der Waals surface area contributed by atoms with E-state index in [-0.39, 0.29) is 11.9 Å². The zero-order valence-electron chi connectivity index (χ0n) is 16.7. The van der Waals surface area contributed by atoms with Crippen molar-refractivity contribution in [3.05, 3.63) is 23.3 Å². The number of fused-ring (bicyclic) bond motifs is 5. The fourth-order valence-electron chi connectivity index (χ4n) is 6.99. The summed E-state index contributed by atoms with van der Waals surface area (Å²) in [6.45, 7) is 6.72. The molecule has 1 aromatic rings. The van der Waals surface area contributed by atoms with Gasteiger partial charge in [-0.3, -0.25) is 0 Å². The average molecular weight is 359 g/mol. The first kappa shape index (κ1) is 18.2. The number of hydrogen-bond donors (Lipinski definition) is 2. The number of phenols is 1. The van der Waals surface area contributed by atoms with Crippen molar-refractivity contribution in [3.8, 4) is 11.5 Å². The van der Waals surface area contributed by atoms with Crippen molar-refractivity contribution < 1.29 is 14.9 Å². The highest BCUT2D eigenvalue weighted by atomic mass is 16.5. The number of aliphatic hydroxyl groups excluding tert-OH is 1. The van der Waals surface area contributed by atoms with Crippen molar-refractivity contribution in [3.63, 3.8) is 0 Å². The SMILES string of the molecule is COc1cc2c(cc1O)CCC1C2CC[C@@]2(C)C1CCC2[C@H](C)C(C)O. The van der Waals surface area contributed by atoms with Crippen LogP contribution < -0.4 is 4.74 Å². The predicted octanol–water partition coefficient (Wildman–Crippen LogP) is 4.89. The zero-order valence-corrected chi connectivity index (χ0v) is 16.7. The lowest BCUT2D eigenvalue weighted by Gasteiger charge is -2.52. The molecule has 2 fully saturated rings. The average Bonchev–Trinajstić information content (AvgIpc) is 2.97. The summed E-state index contributed by atoms with van der Waals surface area (Å²) in [4.78, 5) is 0. The largest absolute Gasteiger partial charge is 0.504 e. The van der Waals surface area contributed by atoms with Crippen molar-refractivity contribution in [1.82, 2.24) is 0 Å². The van der Waals surface area contributed by atoms with Gasteiger partial charge in [-0.25, -0.2) is 0 Å². The molecular formula is C23H34O3. The monoisotopic (exact) mass is 358 g/mol. The topological polar surface area (TPSA) is 49.7 Å². The fourth-order valence-corrected chi connectivity index (χ4v) is 6.99. The highest BCUT2D eigenvalue weighted by Crippen LogP contribution is 2.64. The molecule has 7 atom stereocenters. The molecule has 4 rings (SSSR count). The van der Waals surface area contributed by atoms with Gasteiger partial charge in [0, 0.05) is 0 Å². The first-order chi connectivity index (χ1) is 12.4. The summed E-state index contributed by atoms with van der Waals surface area (Å²) in [6.07, 6.45) is 7.14. The molecule has 2 N–H and O–H groups in total. The molecule has 0 bridgehead atoms. The number of methoxy groups -OCH3 is 1. The number of aromatic hydroxyl groups is 1. The van der Waals surface area contributed by atoms with Crippen molar-refractivity contribution in [2.24, 2.45) is 29.1 Å². The molecule has 1 aromatic carbocycles. The van der Waals surface area contributed by atoms with E-state index in [4.69, 9.17) is 4.74 Å². The standard InChI is InChI=1S/C23H34O3/c1-13(14(2)24)19-7-8-20-17-6-5-15-11-21(25)22(26-4)12-18(15)16(17)9-10-23(19,20)3/h11-14,16-17,19-20,24-25H,5-10H2,1-4H3/t13-,14?,16?,17?,19?,20?,23-/m1/s1. The van der Waals surface area contributed by atoms with Gasteiger partial charge >= 0.3 is 0 Å². The summed E-state index contributed by atoms with van der Waals surface area (Å²) in [5.74, 6) is 4.02. The van der Waals surface area contributed by atoms with Gasteiger partial charge in [-0.1, -0.05) is 13.8 Å². The summed E-state index contributed by atoms with van der Waals surface area (Å²) in [5.41, 5.74) is 3.11. The van der Waals surface area contributed by atoms with E-state index in [1.165, 1.54) is 43.2 Å². The van der Waals surface area contributed by atoms with Crippen molar-refractivity contribution in [2.45, 2.75) is 71.3 Å². The molecule has 2 saturated carbocycles. The third-order valence-electron chi connectivity index (χ3n) is 8.49. The van der Waals surface area contributed by atoms with Gasteiger partial charge in [0.25, 0.3) is 0 Å². The van der Waals surface area contributed by atoms with Crippen LogP contribution in [0.5, 0.6) is 11.5 Å². The van der Waals surface area contributed by atoms with E-state index < -0.39 is 0 Å². The summed E-state index contributed by atoms with van der Waals surface area (Å²) >= 11 is 0. The number of aliphatic hydroxyl groups is 1. The van der Waals surface area contributed by atoms with Gasteiger partial charge in [-0.2, -0.15) is 0 Å². The highest BCUT2D eigenvalue weighted by Gasteiger charge is 2.56. The second-order valence-electron chi connectivity index (χ2n) is 9.47. The van der Waals surface area contributed by atoms with Crippen molar-refractivity contribution in [1.29, 1.82) is 0 Å². The normalized spacial score (nSPS) is 38.0. The number of hydrogen-bond acceptors (Lipinski definition) is 3. The van der Waals surface area contributed by atoms with Crippen LogP contribution in [0.1, 0.15) is 69.9 Å². The van der Waals surface area contributed by atoms with Crippen LogP contribution in [0.3, 0.4) is 0 Å². The second kappa shape index (κ2) is 6.44. The van der Waals surface area contributed by atoms with E-state index in [2.05, 4.69) is 19.9 Å². The Kier molecular flexibility index (Phi) is 4.50. The van der Waals surface area contributed by atoms with Gasteiger partial charge < -0.3 is 14.9 Å². The molecular weight excluding hydrogens is 324 g/mol. The molecule has 144 valence electrons. The van der Waals surface area contributed by atoms with Crippen LogP contribution in [-0.4, -0.2) is 23.4 Å². The highest BCUT2D eigenvalue weighted by molar-refractivity contribution is 5.49. The number of phenolic OH excluding ortho intramolecular Hbond substituents is 1. The molecule has 0 amide bonds. The van der Waals surface area contributed by atoms with Crippen LogP contribution in [-0.2, 0) is 6.42 Å². The van der Waals surface area contributed by atoms with Crippen LogP contribution in [0.2, 0.25) is 0 Å². The molecule has 0 saturated heterocycles. The molecule has 0 aromatic heterocycles. The van der Waals surface area contributed by atoms with Crippen LogP contribution >= 0.6 is 0 Å². The van der Waals surface area contributed by atoms with Gasteiger partial charge in [-0.05, 0) is 104 Å². The zero-order chi connectivity index (χ0) is 18.6. The molecule has 3 aliphatic rings. The van der Waals surface area contributed by atoms with Gasteiger partial charge in [0.1, 0.15) is 0 Å². The first-order valence-electron chi connectivity index (χ1n) is 10.4. The fraction of sp³-hybridized carbons (Fsp3) is 0.739. The van der Waals surface area contributed by atoms with Crippen LogP contribution in [0.15, 0.2) is 12.1 Å². The third kappa shape index (κ3) is 2.58. The smallest absolute Gasteiger partial charge is 0.160 e. The molecule has 0 aliphatic heterocycles. The summed E-state index contributed by atoms with van der Waals surface area (Å²) in [7, 11) is 1.64. The Balaban J connectivity index is 1.65. The Morgan fingerprint density at radius 2 is 1.92 bits per heavy atom. The molecule has 26 heavy (non-hydrogen) atoms. The van der Waals surface area contributed by atoms with E-state index in [9.17, 15) is 10.2 Å². The number of ether oxygens (including phenoxy) is 1. The van der Waals surface area contributed by atoms with Gasteiger partial charge in [0.15, 0.2) is 11.5 Å². The van der Waals surface area contributed by atoms with E-state index in [0.29, 0.717) is 28.9 Å². The van der Waals surface area contributed by atoms with Crippen LogP contribution in [0, 0.1) is 29.1 Å².